The van der Waals surface area contributed by atoms with Crippen LogP contribution in [0.2, 0.25) is 0 Å². The minimum absolute atomic E-state index is 0.0118. The summed E-state index contributed by atoms with van der Waals surface area (Å²) >= 11 is 0. The van der Waals surface area contributed by atoms with Gasteiger partial charge in [0.15, 0.2) is 15.6 Å². The zero-order chi connectivity index (χ0) is 13.9. The number of carbonyl (C=O) groups excluding carboxylic acids is 1. The van der Waals surface area contributed by atoms with Crippen LogP contribution < -0.4 is 4.74 Å². The Morgan fingerprint density at radius 1 is 1.47 bits per heavy atom. The van der Waals surface area contributed by atoms with Crippen LogP contribution in [0.25, 0.3) is 0 Å². The molecule has 0 radical (unpaired) electrons. The molecular formula is C13H16O5S. The van der Waals surface area contributed by atoms with Crippen LogP contribution in [0.1, 0.15) is 6.42 Å². The first-order chi connectivity index (χ1) is 8.97. The van der Waals surface area contributed by atoms with Crippen LogP contribution in [0, 0.1) is 5.92 Å². The molecule has 0 aromatic heterocycles. The van der Waals surface area contributed by atoms with E-state index in [1.54, 1.807) is 12.1 Å². The molecule has 1 unspecified atom stereocenters. The molecule has 1 aliphatic heterocycles. The number of benzene rings is 1. The molecule has 1 aromatic rings. The molecule has 0 aliphatic carbocycles. The van der Waals surface area contributed by atoms with Crippen molar-refractivity contribution in [1.29, 1.82) is 0 Å². The largest absolute Gasteiger partial charge is 0.486 e. The number of rotatable bonds is 5. The van der Waals surface area contributed by atoms with Crippen molar-refractivity contribution in [3.63, 3.8) is 0 Å². The molecular weight excluding hydrogens is 268 g/mol. The maximum Gasteiger partial charge on any atom is 0.175 e. The summed E-state index contributed by atoms with van der Waals surface area (Å²) in [5.74, 6) is 0.274. The monoisotopic (exact) mass is 284 g/mol. The van der Waals surface area contributed by atoms with Crippen LogP contribution in [0.5, 0.6) is 5.75 Å². The third-order valence-corrected chi connectivity index (χ3v) is 4.11. The van der Waals surface area contributed by atoms with Crippen molar-refractivity contribution in [2.75, 3.05) is 26.1 Å². The van der Waals surface area contributed by atoms with E-state index in [-0.39, 0.29) is 23.2 Å². The van der Waals surface area contributed by atoms with Crippen molar-refractivity contribution in [2.45, 2.75) is 11.3 Å². The van der Waals surface area contributed by atoms with Crippen LogP contribution in [0.15, 0.2) is 29.2 Å². The first kappa shape index (κ1) is 14.0. The molecule has 1 atom stereocenters. The molecule has 1 fully saturated rings. The van der Waals surface area contributed by atoms with E-state index in [4.69, 9.17) is 9.47 Å². The van der Waals surface area contributed by atoms with Gasteiger partial charge in [0, 0.05) is 18.8 Å². The molecule has 0 amide bonds. The van der Waals surface area contributed by atoms with Crippen molar-refractivity contribution >= 4 is 15.6 Å². The third-order valence-electron chi connectivity index (χ3n) is 3.00. The fourth-order valence-electron chi connectivity index (χ4n) is 1.86. The lowest BCUT2D eigenvalue weighted by Gasteiger charge is -2.09. The van der Waals surface area contributed by atoms with E-state index < -0.39 is 9.84 Å². The first-order valence-corrected chi connectivity index (χ1v) is 7.89. The van der Waals surface area contributed by atoms with Crippen LogP contribution in [0.4, 0.5) is 0 Å². The van der Waals surface area contributed by atoms with Gasteiger partial charge in [0.2, 0.25) is 0 Å². The minimum atomic E-state index is -3.26. The van der Waals surface area contributed by atoms with Gasteiger partial charge in [0.1, 0.15) is 12.4 Å². The summed E-state index contributed by atoms with van der Waals surface area (Å²) in [6.45, 7) is 1.01. The van der Waals surface area contributed by atoms with Gasteiger partial charge in [-0.1, -0.05) is 6.07 Å². The van der Waals surface area contributed by atoms with E-state index in [0.29, 0.717) is 19.0 Å². The zero-order valence-electron chi connectivity index (χ0n) is 10.7. The number of ether oxygens (including phenoxy) is 2. The number of hydrogen-bond acceptors (Lipinski definition) is 5. The highest BCUT2D eigenvalue weighted by atomic mass is 32.2. The summed E-state index contributed by atoms with van der Waals surface area (Å²) in [7, 11) is -3.26. The van der Waals surface area contributed by atoms with Gasteiger partial charge in [-0.15, -0.1) is 0 Å². The smallest absolute Gasteiger partial charge is 0.175 e. The Balaban J connectivity index is 1.98. The van der Waals surface area contributed by atoms with Crippen molar-refractivity contribution in [3.8, 4) is 5.75 Å². The van der Waals surface area contributed by atoms with Gasteiger partial charge in [0.05, 0.1) is 11.5 Å². The van der Waals surface area contributed by atoms with E-state index >= 15 is 0 Å². The number of carbonyl (C=O) groups is 1. The number of Topliss-reactive ketones (excluding diaryl/α,β-unsaturated/α-hetero) is 1. The lowest BCUT2D eigenvalue weighted by Crippen LogP contribution is -2.21. The summed E-state index contributed by atoms with van der Waals surface area (Å²) < 4.78 is 33.3. The maximum absolute atomic E-state index is 11.8. The van der Waals surface area contributed by atoms with Gasteiger partial charge in [-0.3, -0.25) is 4.79 Å². The van der Waals surface area contributed by atoms with Gasteiger partial charge in [-0.05, 0) is 24.6 Å². The summed E-state index contributed by atoms with van der Waals surface area (Å²) in [4.78, 5) is 12.0. The van der Waals surface area contributed by atoms with Gasteiger partial charge in [-0.2, -0.15) is 0 Å². The highest BCUT2D eigenvalue weighted by Gasteiger charge is 2.23. The Hall–Kier alpha value is -1.40. The molecule has 6 heteroatoms. The fraction of sp³-hybridized carbons (Fsp3) is 0.462. The Morgan fingerprint density at radius 3 is 2.89 bits per heavy atom. The normalized spacial score (nSPS) is 19.3. The highest BCUT2D eigenvalue weighted by molar-refractivity contribution is 7.90. The Morgan fingerprint density at radius 2 is 2.26 bits per heavy atom. The molecule has 0 N–H and O–H groups in total. The van der Waals surface area contributed by atoms with Crippen molar-refractivity contribution in [1.82, 2.24) is 0 Å². The predicted molar refractivity (Wildman–Crippen MR) is 69.0 cm³/mol. The van der Waals surface area contributed by atoms with Gasteiger partial charge in [0.25, 0.3) is 0 Å². The van der Waals surface area contributed by atoms with Crippen LogP contribution >= 0.6 is 0 Å². The summed E-state index contributed by atoms with van der Waals surface area (Å²) in [6.07, 6.45) is 1.86. The first-order valence-electron chi connectivity index (χ1n) is 6.00. The molecule has 0 spiro atoms. The third kappa shape index (κ3) is 3.78. The highest BCUT2D eigenvalue weighted by Crippen LogP contribution is 2.18. The van der Waals surface area contributed by atoms with Gasteiger partial charge >= 0.3 is 0 Å². The second-order valence-corrected chi connectivity index (χ2v) is 6.58. The second kappa shape index (κ2) is 5.71. The van der Waals surface area contributed by atoms with Crippen LogP contribution in [-0.2, 0) is 19.4 Å². The molecule has 1 aliphatic rings. The zero-order valence-corrected chi connectivity index (χ0v) is 11.5. The standard InChI is InChI=1S/C13H16O5S/c1-19(15,16)12-4-2-3-11(7-12)18-9-13(14)10-5-6-17-8-10/h2-4,7,10H,5-6,8-9H2,1H3. The van der Waals surface area contributed by atoms with Gasteiger partial charge in [-0.25, -0.2) is 8.42 Å². The van der Waals surface area contributed by atoms with Crippen LogP contribution in [0.3, 0.4) is 0 Å². The Kier molecular flexibility index (Phi) is 4.21. The van der Waals surface area contributed by atoms with E-state index in [0.717, 1.165) is 12.7 Å². The molecule has 1 aromatic carbocycles. The summed E-state index contributed by atoms with van der Waals surface area (Å²) in [6, 6.07) is 6.14. The number of hydrogen-bond donors (Lipinski definition) is 0. The summed E-state index contributed by atoms with van der Waals surface area (Å²) in [5.41, 5.74) is 0. The molecule has 0 bridgehead atoms. The number of sulfone groups is 1. The van der Waals surface area contributed by atoms with Crippen molar-refractivity contribution in [2.24, 2.45) is 5.92 Å². The Bertz CT molecular complexity index is 558. The van der Waals surface area contributed by atoms with E-state index in [9.17, 15) is 13.2 Å². The second-order valence-electron chi connectivity index (χ2n) is 4.56. The van der Waals surface area contributed by atoms with E-state index in [1.165, 1.54) is 12.1 Å². The SMILES string of the molecule is CS(=O)(=O)c1cccc(OCC(=O)C2CCOC2)c1. The van der Waals surface area contributed by atoms with Crippen molar-refractivity contribution in [3.05, 3.63) is 24.3 Å². The predicted octanol–water partition coefficient (Wildman–Crippen LogP) is 1.07. The average molecular weight is 284 g/mol. The molecule has 1 saturated heterocycles. The maximum atomic E-state index is 11.8. The van der Waals surface area contributed by atoms with Crippen LogP contribution in [-0.4, -0.2) is 40.3 Å². The quantitative estimate of drug-likeness (QED) is 0.809. The minimum Gasteiger partial charge on any atom is -0.486 e. The lowest BCUT2D eigenvalue weighted by molar-refractivity contribution is -0.124. The fourth-order valence-corrected chi connectivity index (χ4v) is 2.51. The summed E-state index contributed by atoms with van der Waals surface area (Å²) in [5, 5.41) is 0. The van der Waals surface area contributed by atoms with E-state index in [2.05, 4.69) is 0 Å². The number of ketones is 1. The van der Waals surface area contributed by atoms with E-state index in [1.807, 2.05) is 0 Å². The molecule has 5 nitrogen and oxygen atoms in total. The molecule has 2 rings (SSSR count). The van der Waals surface area contributed by atoms with Gasteiger partial charge < -0.3 is 9.47 Å². The lowest BCUT2D eigenvalue weighted by atomic mass is 10.0. The molecule has 104 valence electrons. The molecule has 19 heavy (non-hydrogen) atoms. The Labute approximate surface area is 112 Å². The van der Waals surface area contributed by atoms with Crippen molar-refractivity contribution < 1.29 is 22.7 Å². The molecule has 0 saturated carbocycles. The molecule has 1 heterocycles. The topological polar surface area (TPSA) is 69.7 Å². The average Bonchev–Trinajstić information content (AvgIpc) is 2.89.